The molecule has 1 atom stereocenters. The molecule has 37 heavy (non-hydrogen) atoms. The normalized spacial score (nSPS) is 15.2. The highest BCUT2D eigenvalue weighted by atomic mass is 79.9. The summed E-state index contributed by atoms with van der Waals surface area (Å²) in [6, 6.07) is 10.2. The molecule has 0 fully saturated rings. The van der Waals surface area contributed by atoms with E-state index in [1.807, 2.05) is 25.1 Å². The highest BCUT2D eigenvalue weighted by molar-refractivity contribution is 9.10. The standard InChI is InChI=1S/C27H27BrN2O6S/c1-6-35-21-12-17(19(28)14-20(21)34-5)13-22-25(31)30-24(16-8-10-18(33-4)11-9-16)23(26(32)36-7-2)15(3)29-27(30)37-22/h8-14,24H,6-7H2,1-5H3. The van der Waals surface area contributed by atoms with Crippen LogP contribution in [0.3, 0.4) is 0 Å². The average molecular weight is 587 g/mol. The van der Waals surface area contributed by atoms with Crippen LogP contribution in [0.5, 0.6) is 17.2 Å². The maximum Gasteiger partial charge on any atom is 0.338 e. The molecule has 2 aromatic carbocycles. The van der Waals surface area contributed by atoms with Gasteiger partial charge in [-0.05, 0) is 62.2 Å². The third kappa shape index (κ3) is 5.21. The number of carbonyl (C=O) groups is 1. The minimum atomic E-state index is -0.693. The lowest BCUT2D eigenvalue weighted by molar-refractivity contribution is -0.139. The quantitative estimate of drug-likeness (QED) is 0.371. The summed E-state index contributed by atoms with van der Waals surface area (Å²) in [5, 5.41) is 0. The number of halogens is 1. The molecular weight excluding hydrogens is 560 g/mol. The Hall–Kier alpha value is -3.37. The maximum atomic E-state index is 13.8. The van der Waals surface area contributed by atoms with Crippen LogP contribution >= 0.6 is 27.3 Å². The van der Waals surface area contributed by atoms with Crippen LogP contribution in [0.25, 0.3) is 6.08 Å². The lowest BCUT2D eigenvalue weighted by Crippen LogP contribution is -2.39. The van der Waals surface area contributed by atoms with E-state index in [9.17, 15) is 9.59 Å². The fourth-order valence-electron chi connectivity index (χ4n) is 4.12. The van der Waals surface area contributed by atoms with E-state index in [-0.39, 0.29) is 12.2 Å². The van der Waals surface area contributed by atoms with Gasteiger partial charge in [0.2, 0.25) is 0 Å². The number of carbonyl (C=O) groups excluding carboxylic acids is 1. The lowest BCUT2D eigenvalue weighted by Gasteiger charge is -2.24. The molecule has 0 bridgehead atoms. The van der Waals surface area contributed by atoms with Crippen LogP contribution in [0.15, 0.2) is 61.9 Å². The summed E-state index contributed by atoms with van der Waals surface area (Å²) in [6.07, 6.45) is 1.78. The van der Waals surface area contributed by atoms with Gasteiger partial charge in [-0.2, -0.15) is 0 Å². The molecule has 1 unspecified atom stereocenters. The number of nitrogens with zero attached hydrogens (tertiary/aromatic N) is 2. The molecule has 0 N–H and O–H groups in total. The van der Waals surface area contributed by atoms with Crippen LogP contribution < -0.4 is 29.1 Å². The predicted molar refractivity (Wildman–Crippen MR) is 145 cm³/mol. The zero-order valence-electron chi connectivity index (χ0n) is 21.2. The van der Waals surface area contributed by atoms with E-state index in [1.54, 1.807) is 56.9 Å². The smallest absolute Gasteiger partial charge is 0.338 e. The van der Waals surface area contributed by atoms with Gasteiger partial charge in [-0.1, -0.05) is 39.4 Å². The number of rotatable bonds is 8. The molecule has 1 aliphatic heterocycles. The van der Waals surface area contributed by atoms with Crippen LogP contribution in [0.2, 0.25) is 0 Å². The third-order valence-corrected chi connectivity index (χ3v) is 7.49. The molecule has 0 saturated heterocycles. The van der Waals surface area contributed by atoms with Gasteiger partial charge < -0.3 is 18.9 Å². The molecule has 1 aliphatic rings. The summed E-state index contributed by atoms with van der Waals surface area (Å²) in [5.41, 5.74) is 2.07. The number of esters is 1. The molecule has 8 nitrogen and oxygen atoms in total. The highest BCUT2D eigenvalue weighted by Crippen LogP contribution is 2.34. The molecule has 3 aromatic rings. The number of benzene rings is 2. The molecule has 10 heteroatoms. The second-order valence-electron chi connectivity index (χ2n) is 8.03. The highest BCUT2D eigenvalue weighted by Gasteiger charge is 2.33. The van der Waals surface area contributed by atoms with Crippen molar-refractivity contribution in [3.05, 3.63) is 83.0 Å². The van der Waals surface area contributed by atoms with Crippen LogP contribution in [0, 0.1) is 0 Å². The van der Waals surface area contributed by atoms with Gasteiger partial charge in [0, 0.05) is 4.47 Å². The van der Waals surface area contributed by atoms with Gasteiger partial charge in [0.25, 0.3) is 5.56 Å². The Morgan fingerprint density at radius 3 is 2.46 bits per heavy atom. The van der Waals surface area contributed by atoms with Crippen molar-refractivity contribution in [1.29, 1.82) is 0 Å². The lowest BCUT2D eigenvalue weighted by atomic mass is 9.96. The second kappa shape index (κ2) is 11.4. The molecule has 0 saturated carbocycles. The fourth-order valence-corrected chi connectivity index (χ4v) is 5.60. The monoisotopic (exact) mass is 586 g/mol. The first-order valence-corrected chi connectivity index (χ1v) is 13.3. The molecular formula is C27H27BrN2O6S. The minimum absolute atomic E-state index is 0.211. The number of allylic oxidation sites excluding steroid dienone is 1. The topological polar surface area (TPSA) is 88.4 Å². The molecule has 194 valence electrons. The summed E-state index contributed by atoms with van der Waals surface area (Å²) in [5.74, 6) is 1.33. The first-order chi connectivity index (χ1) is 17.8. The Bertz CT molecular complexity index is 1540. The zero-order chi connectivity index (χ0) is 26.7. The van der Waals surface area contributed by atoms with Crippen molar-refractivity contribution in [2.75, 3.05) is 27.4 Å². The summed E-state index contributed by atoms with van der Waals surface area (Å²) >= 11 is 4.82. The number of fused-ring (bicyclic) bond motifs is 1. The summed E-state index contributed by atoms with van der Waals surface area (Å²) in [4.78, 5) is 32.0. The summed E-state index contributed by atoms with van der Waals surface area (Å²) in [7, 11) is 3.16. The molecule has 4 rings (SSSR count). The van der Waals surface area contributed by atoms with Crippen LogP contribution in [0.1, 0.15) is 37.9 Å². The van der Waals surface area contributed by atoms with Gasteiger partial charge in [-0.25, -0.2) is 9.79 Å². The number of aromatic nitrogens is 1. The van der Waals surface area contributed by atoms with Crippen molar-refractivity contribution in [3.63, 3.8) is 0 Å². The van der Waals surface area contributed by atoms with E-state index in [0.29, 0.717) is 44.5 Å². The largest absolute Gasteiger partial charge is 0.497 e. The first-order valence-electron chi connectivity index (χ1n) is 11.7. The summed E-state index contributed by atoms with van der Waals surface area (Å²) < 4.78 is 24.5. The Morgan fingerprint density at radius 2 is 1.84 bits per heavy atom. The third-order valence-electron chi connectivity index (χ3n) is 5.82. The van der Waals surface area contributed by atoms with Crippen molar-refractivity contribution >= 4 is 39.3 Å². The second-order valence-corrected chi connectivity index (χ2v) is 9.90. The van der Waals surface area contributed by atoms with Gasteiger partial charge in [-0.3, -0.25) is 9.36 Å². The molecule has 0 aliphatic carbocycles. The van der Waals surface area contributed by atoms with Gasteiger partial charge in [0.15, 0.2) is 16.3 Å². The van der Waals surface area contributed by atoms with Crippen molar-refractivity contribution in [3.8, 4) is 17.2 Å². The first kappa shape index (κ1) is 26.7. The molecule has 0 amide bonds. The minimum Gasteiger partial charge on any atom is -0.497 e. The van der Waals surface area contributed by atoms with Crippen molar-refractivity contribution in [2.24, 2.45) is 4.99 Å². The van der Waals surface area contributed by atoms with Gasteiger partial charge in [-0.15, -0.1) is 0 Å². The predicted octanol–water partition coefficient (Wildman–Crippen LogP) is 3.98. The van der Waals surface area contributed by atoms with Crippen LogP contribution in [0.4, 0.5) is 0 Å². The number of methoxy groups -OCH3 is 2. The SMILES string of the molecule is CCOC(=O)C1=C(C)N=c2sc(=Cc3cc(OCC)c(OC)cc3Br)c(=O)n2C1c1ccc(OC)cc1. The Balaban J connectivity index is 1.93. The van der Waals surface area contributed by atoms with E-state index >= 15 is 0 Å². The van der Waals surface area contributed by atoms with Gasteiger partial charge >= 0.3 is 5.97 Å². The van der Waals surface area contributed by atoms with Crippen molar-refractivity contribution in [2.45, 2.75) is 26.8 Å². The fraction of sp³-hybridized carbons (Fsp3) is 0.296. The molecule has 1 aromatic heterocycles. The zero-order valence-corrected chi connectivity index (χ0v) is 23.6. The van der Waals surface area contributed by atoms with E-state index in [4.69, 9.17) is 18.9 Å². The van der Waals surface area contributed by atoms with Crippen LogP contribution in [-0.4, -0.2) is 38.0 Å². The number of thiazole rings is 1. The van der Waals surface area contributed by atoms with E-state index in [2.05, 4.69) is 20.9 Å². The van der Waals surface area contributed by atoms with E-state index < -0.39 is 12.0 Å². The Kier molecular flexibility index (Phi) is 8.19. The van der Waals surface area contributed by atoms with Gasteiger partial charge in [0.1, 0.15) is 5.75 Å². The van der Waals surface area contributed by atoms with Gasteiger partial charge in [0.05, 0.1) is 49.3 Å². The Morgan fingerprint density at radius 1 is 1.11 bits per heavy atom. The maximum absolute atomic E-state index is 13.8. The molecule has 0 spiro atoms. The number of hydrogen-bond acceptors (Lipinski definition) is 8. The number of hydrogen-bond donors (Lipinski definition) is 0. The summed E-state index contributed by atoms with van der Waals surface area (Å²) in [6.45, 7) is 6.07. The Labute approximate surface area is 226 Å². The van der Waals surface area contributed by atoms with E-state index in [0.717, 1.165) is 15.6 Å². The molecule has 2 heterocycles. The van der Waals surface area contributed by atoms with Crippen LogP contribution in [-0.2, 0) is 9.53 Å². The van der Waals surface area contributed by atoms with Crippen molar-refractivity contribution in [1.82, 2.24) is 4.57 Å². The average Bonchev–Trinajstić information content (AvgIpc) is 3.19. The van der Waals surface area contributed by atoms with E-state index in [1.165, 1.54) is 11.3 Å². The number of ether oxygens (including phenoxy) is 4. The van der Waals surface area contributed by atoms with Crippen molar-refractivity contribution < 1.29 is 23.7 Å². The molecule has 0 radical (unpaired) electrons.